The Labute approximate surface area is 114 Å². The Morgan fingerprint density at radius 1 is 0.947 bits per heavy atom. The molecule has 3 heteroatoms. The van der Waals surface area contributed by atoms with Gasteiger partial charge in [-0.05, 0) is 24.3 Å². The van der Waals surface area contributed by atoms with Crippen LogP contribution in [0.5, 0.6) is 0 Å². The molecule has 0 N–H and O–H groups in total. The van der Waals surface area contributed by atoms with E-state index in [4.69, 9.17) is 6.42 Å². The zero-order valence-corrected chi connectivity index (χ0v) is 10.9. The number of terminal acetylenes is 1. The van der Waals surface area contributed by atoms with Crippen LogP contribution in [0.3, 0.4) is 0 Å². The van der Waals surface area contributed by atoms with Crippen molar-refractivity contribution in [2.24, 2.45) is 0 Å². The summed E-state index contributed by atoms with van der Waals surface area (Å²) >= 11 is 0. The number of hydrogen-bond acceptors (Lipinski definition) is 3. The van der Waals surface area contributed by atoms with Gasteiger partial charge in [-0.25, -0.2) is 0 Å². The van der Waals surface area contributed by atoms with Crippen molar-refractivity contribution >= 4 is 0 Å². The predicted molar refractivity (Wildman–Crippen MR) is 76.0 cm³/mol. The van der Waals surface area contributed by atoms with E-state index in [1.807, 2.05) is 48.8 Å². The first-order valence-corrected chi connectivity index (χ1v) is 6.34. The van der Waals surface area contributed by atoms with Gasteiger partial charge in [0.1, 0.15) is 0 Å². The van der Waals surface area contributed by atoms with Crippen LogP contribution in [0.15, 0.2) is 48.8 Å². The molecule has 0 saturated carbocycles. The molecule has 3 nitrogen and oxygen atoms in total. The first kappa shape index (κ1) is 13.3. The Bertz CT molecular complexity index is 475. The third-order valence-electron chi connectivity index (χ3n) is 2.80. The number of nitrogens with zero attached hydrogens (tertiary/aromatic N) is 3. The summed E-state index contributed by atoms with van der Waals surface area (Å²) in [4.78, 5) is 11.0. The molecule has 0 aliphatic rings. The molecule has 0 aliphatic carbocycles. The normalized spacial score (nSPS) is 10.3. The van der Waals surface area contributed by atoms with Gasteiger partial charge in [-0.3, -0.25) is 14.9 Å². The van der Waals surface area contributed by atoms with Gasteiger partial charge >= 0.3 is 0 Å². The summed E-state index contributed by atoms with van der Waals surface area (Å²) in [5, 5.41) is 0. The Morgan fingerprint density at radius 2 is 1.53 bits per heavy atom. The van der Waals surface area contributed by atoms with E-state index in [2.05, 4.69) is 20.8 Å². The molecule has 0 fully saturated rings. The molecule has 0 aromatic carbocycles. The molecule has 0 unspecified atom stereocenters. The molecule has 0 atom stereocenters. The molecule has 96 valence electrons. The maximum atomic E-state index is 5.36. The summed E-state index contributed by atoms with van der Waals surface area (Å²) in [5.74, 6) is 2.69. The van der Waals surface area contributed by atoms with Crippen LogP contribution in [0.1, 0.15) is 17.8 Å². The third kappa shape index (κ3) is 4.53. The van der Waals surface area contributed by atoms with Crippen LogP contribution in [-0.2, 0) is 13.1 Å². The summed E-state index contributed by atoms with van der Waals surface area (Å²) in [7, 11) is 0. The van der Waals surface area contributed by atoms with Crippen molar-refractivity contribution < 1.29 is 0 Å². The van der Waals surface area contributed by atoms with Crippen molar-refractivity contribution in [2.45, 2.75) is 19.5 Å². The molecular formula is C16H17N3. The number of hydrogen-bond donors (Lipinski definition) is 0. The van der Waals surface area contributed by atoms with E-state index in [-0.39, 0.29) is 0 Å². The molecule has 19 heavy (non-hydrogen) atoms. The lowest BCUT2D eigenvalue weighted by molar-refractivity contribution is 0.257. The standard InChI is InChI=1S/C16H17N3/c1-2-3-12-19(13-15-8-4-6-10-17-15)14-16-9-5-7-11-18-16/h1,4-11H,3,12-14H2. The molecule has 2 aromatic heterocycles. The number of aromatic nitrogens is 2. The van der Waals surface area contributed by atoms with E-state index in [9.17, 15) is 0 Å². The maximum Gasteiger partial charge on any atom is 0.0544 e. The van der Waals surface area contributed by atoms with Crippen LogP contribution < -0.4 is 0 Å². The second kappa shape index (κ2) is 7.30. The van der Waals surface area contributed by atoms with E-state index >= 15 is 0 Å². The highest BCUT2D eigenvalue weighted by Gasteiger charge is 2.07. The predicted octanol–water partition coefficient (Wildman–Crippen LogP) is 2.50. The average molecular weight is 251 g/mol. The van der Waals surface area contributed by atoms with Crippen LogP contribution >= 0.6 is 0 Å². The molecule has 0 radical (unpaired) electrons. The second-order valence-electron chi connectivity index (χ2n) is 4.31. The summed E-state index contributed by atoms with van der Waals surface area (Å²) < 4.78 is 0. The smallest absolute Gasteiger partial charge is 0.0544 e. The van der Waals surface area contributed by atoms with Gasteiger partial charge in [0.05, 0.1) is 11.4 Å². The fraction of sp³-hybridized carbons (Fsp3) is 0.250. The Balaban J connectivity index is 2.02. The fourth-order valence-electron chi connectivity index (χ4n) is 1.88. The third-order valence-corrected chi connectivity index (χ3v) is 2.80. The number of pyridine rings is 2. The molecule has 0 bridgehead atoms. The summed E-state index contributed by atoms with van der Waals surface area (Å²) in [6.45, 7) is 2.43. The van der Waals surface area contributed by atoms with Crippen LogP contribution in [-0.4, -0.2) is 21.4 Å². The van der Waals surface area contributed by atoms with Crippen molar-refractivity contribution in [3.8, 4) is 12.3 Å². The average Bonchev–Trinajstić information content (AvgIpc) is 2.47. The van der Waals surface area contributed by atoms with Gasteiger partial charge in [-0.2, -0.15) is 0 Å². The number of rotatable bonds is 6. The van der Waals surface area contributed by atoms with Crippen molar-refractivity contribution in [3.63, 3.8) is 0 Å². The first-order valence-electron chi connectivity index (χ1n) is 6.34. The molecule has 0 saturated heterocycles. The van der Waals surface area contributed by atoms with Crippen LogP contribution in [0.2, 0.25) is 0 Å². The molecule has 2 heterocycles. The minimum Gasteiger partial charge on any atom is -0.291 e. The van der Waals surface area contributed by atoms with Crippen LogP contribution in [0, 0.1) is 12.3 Å². The van der Waals surface area contributed by atoms with E-state index in [1.54, 1.807) is 0 Å². The zero-order chi connectivity index (χ0) is 13.3. The SMILES string of the molecule is C#CCCN(Cc1ccccn1)Cc1ccccn1. The maximum absolute atomic E-state index is 5.36. The second-order valence-corrected chi connectivity index (χ2v) is 4.31. The lowest BCUT2D eigenvalue weighted by Crippen LogP contribution is -2.24. The molecule has 0 aliphatic heterocycles. The molecular weight excluding hydrogens is 234 g/mol. The highest BCUT2D eigenvalue weighted by atomic mass is 15.1. The highest BCUT2D eigenvalue weighted by Crippen LogP contribution is 2.07. The lowest BCUT2D eigenvalue weighted by Gasteiger charge is -2.20. The van der Waals surface area contributed by atoms with Crippen LogP contribution in [0.4, 0.5) is 0 Å². The highest BCUT2D eigenvalue weighted by molar-refractivity contribution is 5.06. The van der Waals surface area contributed by atoms with Crippen molar-refractivity contribution in [1.29, 1.82) is 0 Å². The molecule has 0 spiro atoms. The quantitative estimate of drug-likeness (QED) is 0.739. The minimum atomic E-state index is 0.736. The monoisotopic (exact) mass is 251 g/mol. The van der Waals surface area contributed by atoms with Gasteiger partial charge < -0.3 is 0 Å². The summed E-state index contributed by atoms with van der Waals surface area (Å²) in [5.41, 5.74) is 2.10. The van der Waals surface area contributed by atoms with Gasteiger partial charge in [-0.1, -0.05) is 12.1 Å². The molecule has 2 aromatic rings. The van der Waals surface area contributed by atoms with E-state index in [0.717, 1.165) is 37.4 Å². The zero-order valence-electron chi connectivity index (χ0n) is 10.9. The van der Waals surface area contributed by atoms with Crippen molar-refractivity contribution in [3.05, 3.63) is 60.2 Å². The first-order chi connectivity index (χ1) is 9.38. The van der Waals surface area contributed by atoms with Gasteiger partial charge in [-0.15, -0.1) is 12.3 Å². The fourth-order valence-corrected chi connectivity index (χ4v) is 1.88. The van der Waals surface area contributed by atoms with Gasteiger partial charge in [0.2, 0.25) is 0 Å². The lowest BCUT2D eigenvalue weighted by atomic mass is 10.2. The Hall–Kier alpha value is -2.18. The summed E-state index contributed by atoms with van der Waals surface area (Å²) in [6.07, 6.45) is 9.72. The Kier molecular flexibility index (Phi) is 5.09. The minimum absolute atomic E-state index is 0.736. The van der Waals surface area contributed by atoms with Gasteiger partial charge in [0, 0.05) is 38.4 Å². The Morgan fingerprint density at radius 3 is 1.95 bits per heavy atom. The van der Waals surface area contributed by atoms with Gasteiger partial charge in [0.25, 0.3) is 0 Å². The van der Waals surface area contributed by atoms with Crippen LogP contribution in [0.25, 0.3) is 0 Å². The van der Waals surface area contributed by atoms with E-state index in [0.29, 0.717) is 0 Å². The topological polar surface area (TPSA) is 29.0 Å². The molecule has 2 rings (SSSR count). The summed E-state index contributed by atoms with van der Waals surface area (Å²) in [6, 6.07) is 11.9. The van der Waals surface area contributed by atoms with Crippen molar-refractivity contribution in [2.75, 3.05) is 6.54 Å². The van der Waals surface area contributed by atoms with E-state index < -0.39 is 0 Å². The van der Waals surface area contributed by atoms with Gasteiger partial charge in [0.15, 0.2) is 0 Å². The van der Waals surface area contributed by atoms with E-state index in [1.165, 1.54) is 0 Å². The largest absolute Gasteiger partial charge is 0.291 e. The van der Waals surface area contributed by atoms with Crippen molar-refractivity contribution in [1.82, 2.24) is 14.9 Å². The molecule has 0 amide bonds.